The number of anilines is 2. The van der Waals surface area contributed by atoms with Crippen molar-refractivity contribution in [1.82, 2.24) is 0 Å². The van der Waals surface area contributed by atoms with E-state index in [0.717, 1.165) is 30.8 Å². The Balaban J connectivity index is 2.03. The van der Waals surface area contributed by atoms with E-state index in [1.807, 2.05) is 12.1 Å². The summed E-state index contributed by atoms with van der Waals surface area (Å²) in [5, 5.41) is 3.36. The van der Waals surface area contributed by atoms with E-state index in [1.54, 1.807) is 4.90 Å². The molecule has 4 heteroatoms. The number of rotatable bonds is 1. The number of nitrogens with one attached hydrogen (secondary N) is 1. The molecule has 0 atom stereocenters. The van der Waals surface area contributed by atoms with Crippen LogP contribution in [0.2, 0.25) is 0 Å². The van der Waals surface area contributed by atoms with Gasteiger partial charge in [0.05, 0.1) is 12.2 Å². The Hall–Kier alpha value is -1.71. The number of carbonyl (C=O) groups excluding carboxylic acids is 1. The van der Waals surface area contributed by atoms with E-state index in [1.165, 1.54) is 5.56 Å². The van der Waals surface area contributed by atoms with E-state index in [9.17, 15) is 4.79 Å². The average Bonchev–Trinajstić information content (AvgIpc) is 2.75. The summed E-state index contributed by atoms with van der Waals surface area (Å²) in [7, 11) is 0. The second-order valence-electron chi connectivity index (χ2n) is 4.10. The van der Waals surface area contributed by atoms with Gasteiger partial charge in [-0.05, 0) is 30.5 Å². The van der Waals surface area contributed by atoms with E-state index in [4.69, 9.17) is 4.74 Å². The van der Waals surface area contributed by atoms with Gasteiger partial charge >= 0.3 is 6.09 Å². The third-order valence-corrected chi connectivity index (χ3v) is 3.12. The molecule has 1 fully saturated rings. The third-order valence-electron chi connectivity index (χ3n) is 3.12. The molecular formula is C12H14N2O2. The predicted molar refractivity (Wildman–Crippen MR) is 61.9 cm³/mol. The molecule has 0 unspecified atom stereocenters. The molecule has 2 aliphatic rings. The van der Waals surface area contributed by atoms with E-state index in [-0.39, 0.29) is 6.09 Å². The number of hydrogen-bond acceptors (Lipinski definition) is 3. The van der Waals surface area contributed by atoms with Crippen LogP contribution >= 0.6 is 0 Å². The predicted octanol–water partition coefficient (Wildman–Crippen LogP) is 2.00. The minimum atomic E-state index is -0.223. The fourth-order valence-electron chi connectivity index (χ4n) is 2.36. The molecule has 2 heterocycles. The first-order valence-electron chi connectivity index (χ1n) is 5.66. The van der Waals surface area contributed by atoms with Gasteiger partial charge < -0.3 is 10.1 Å². The molecule has 1 aromatic carbocycles. The maximum absolute atomic E-state index is 11.5. The summed E-state index contributed by atoms with van der Waals surface area (Å²) < 4.78 is 4.98. The van der Waals surface area contributed by atoms with Gasteiger partial charge in [-0.15, -0.1) is 0 Å². The molecule has 4 nitrogen and oxygen atoms in total. The lowest BCUT2D eigenvalue weighted by molar-refractivity contribution is 0.181. The van der Waals surface area contributed by atoms with Crippen LogP contribution in [0.4, 0.5) is 16.2 Å². The number of ether oxygens (including phenoxy) is 1. The van der Waals surface area contributed by atoms with Gasteiger partial charge in [-0.2, -0.15) is 0 Å². The first kappa shape index (κ1) is 9.51. The molecule has 0 bridgehead atoms. The van der Waals surface area contributed by atoms with Crippen molar-refractivity contribution in [1.29, 1.82) is 0 Å². The molecule has 2 aliphatic heterocycles. The SMILES string of the molecule is O=C1OCCN1c1cccc2c1CCCN2. The summed E-state index contributed by atoms with van der Waals surface area (Å²) in [6, 6.07) is 6.05. The van der Waals surface area contributed by atoms with Gasteiger partial charge in [-0.3, -0.25) is 4.90 Å². The molecule has 1 aromatic rings. The molecule has 0 saturated carbocycles. The van der Waals surface area contributed by atoms with E-state index in [2.05, 4.69) is 11.4 Å². The van der Waals surface area contributed by atoms with Crippen LogP contribution in [0.5, 0.6) is 0 Å². The molecule has 3 rings (SSSR count). The zero-order valence-corrected chi connectivity index (χ0v) is 9.03. The molecule has 84 valence electrons. The maximum Gasteiger partial charge on any atom is 0.414 e. The molecule has 0 aliphatic carbocycles. The van der Waals surface area contributed by atoms with Crippen molar-refractivity contribution < 1.29 is 9.53 Å². The summed E-state index contributed by atoms with van der Waals surface area (Å²) in [6.07, 6.45) is 1.92. The van der Waals surface area contributed by atoms with Crippen molar-refractivity contribution in [3.05, 3.63) is 23.8 Å². The van der Waals surface area contributed by atoms with Gasteiger partial charge in [0.1, 0.15) is 6.61 Å². The van der Waals surface area contributed by atoms with Crippen LogP contribution in [0, 0.1) is 0 Å². The zero-order valence-electron chi connectivity index (χ0n) is 9.03. The number of amides is 1. The number of cyclic esters (lactones) is 1. The van der Waals surface area contributed by atoms with Gasteiger partial charge in [0.25, 0.3) is 0 Å². The maximum atomic E-state index is 11.5. The second kappa shape index (κ2) is 3.70. The van der Waals surface area contributed by atoms with Crippen molar-refractivity contribution in [2.75, 3.05) is 29.9 Å². The van der Waals surface area contributed by atoms with Crippen LogP contribution in [0.1, 0.15) is 12.0 Å². The Kier molecular flexibility index (Phi) is 2.20. The lowest BCUT2D eigenvalue weighted by Crippen LogP contribution is -2.26. The van der Waals surface area contributed by atoms with Crippen LogP contribution in [0.15, 0.2) is 18.2 Å². The summed E-state index contributed by atoms with van der Waals surface area (Å²) in [5.41, 5.74) is 3.41. The van der Waals surface area contributed by atoms with Gasteiger partial charge in [-0.1, -0.05) is 6.07 Å². The Morgan fingerprint density at radius 1 is 1.38 bits per heavy atom. The smallest absolute Gasteiger partial charge is 0.414 e. The number of carbonyl (C=O) groups is 1. The number of fused-ring (bicyclic) bond motifs is 1. The van der Waals surface area contributed by atoms with Gasteiger partial charge in [0, 0.05) is 12.2 Å². The highest BCUT2D eigenvalue weighted by Crippen LogP contribution is 2.32. The summed E-state index contributed by atoms with van der Waals surface area (Å²) in [4.78, 5) is 13.3. The standard InChI is InChI=1S/C12H14N2O2/c15-12-14(7-8-16-12)11-5-1-4-10-9(11)3-2-6-13-10/h1,4-5,13H,2-3,6-8H2. The highest BCUT2D eigenvalue weighted by atomic mass is 16.6. The molecule has 16 heavy (non-hydrogen) atoms. The highest BCUT2D eigenvalue weighted by molar-refractivity contribution is 5.91. The Labute approximate surface area is 94.2 Å². The van der Waals surface area contributed by atoms with E-state index < -0.39 is 0 Å². The summed E-state index contributed by atoms with van der Waals surface area (Å²) in [5.74, 6) is 0. The zero-order chi connectivity index (χ0) is 11.0. The van der Waals surface area contributed by atoms with Crippen molar-refractivity contribution in [2.24, 2.45) is 0 Å². The lowest BCUT2D eigenvalue weighted by Gasteiger charge is -2.24. The third kappa shape index (κ3) is 1.41. The minimum Gasteiger partial charge on any atom is -0.447 e. The highest BCUT2D eigenvalue weighted by Gasteiger charge is 2.26. The first-order chi connectivity index (χ1) is 7.86. The van der Waals surface area contributed by atoms with Crippen LogP contribution in [-0.4, -0.2) is 25.8 Å². The molecule has 0 radical (unpaired) electrons. The van der Waals surface area contributed by atoms with Crippen molar-refractivity contribution in [3.8, 4) is 0 Å². The molecule has 1 N–H and O–H groups in total. The summed E-state index contributed by atoms with van der Waals surface area (Å²) >= 11 is 0. The molecule has 1 amide bonds. The van der Waals surface area contributed by atoms with E-state index >= 15 is 0 Å². The van der Waals surface area contributed by atoms with Gasteiger partial charge in [-0.25, -0.2) is 4.79 Å². The Bertz CT molecular complexity index is 431. The fraction of sp³-hybridized carbons (Fsp3) is 0.417. The van der Waals surface area contributed by atoms with Crippen LogP contribution in [0.3, 0.4) is 0 Å². The second-order valence-corrected chi connectivity index (χ2v) is 4.10. The fourth-order valence-corrected chi connectivity index (χ4v) is 2.36. The first-order valence-corrected chi connectivity index (χ1v) is 5.66. The van der Waals surface area contributed by atoms with Crippen LogP contribution in [0.25, 0.3) is 0 Å². The topological polar surface area (TPSA) is 41.6 Å². The van der Waals surface area contributed by atoms with Crippen molar-refractivity contribution >= 4 is 17.5 Å². The number of nitrogens with zero attached hydrogens (tertiary/aromatic N) is 1. The normalized spacial score (nSPS) is 19.0. The average molecular weight is 218 g/mol. The summed E-state index contributed by atoms with van der Waals surface area (Å²) in [6.45, 7) is 2.17. The Morgan fingerprint density at radius 2 is 2.31 bits per heavy atom. The van der Waals surface area contributed by atoms with E-state index in [0.29, 0.717) is 13.2 Å². The monoisotopic (exact) mass is 218 g/mol. The minimum absolute atomic E-state index is 0.223. The quantitative estimate of drug-likeness (QED) is 0.783. The molecular weight excluding hydrogens is 204 g/mol. The van der Waals surface area contributed by atoms with Gasteiger partial charge in [0.2, 0.25) is 0 Å². The van der Waals surface area contributed by atoms with Gasteiger partial charge in [0.15, 0.2) is 0 Å². The van der Waals surface area contributed by atoms with Crippen LogP contribution < -0.4 is 10.2 Å². The van der Waals surface area contributed by atoms with Crippen molar-refractivity contribution in [2.45, 2.75) is 12.8 Å². The number of hydrogen-bond donors (Lipinski definition) is 1. The van der Waals surface area contributed by atoms with Crippen molar-refractivity contribution in [3.63, 3.8) is 0 Å². The van der Waals surface area contributed by atoms with Crippen LogP contribution in [-0.2, 0) is 11.2 Å². The Morgan fingerprint density at radius 3 is 3.12 bits per heavy atom. The molecule has 1 saturated heterocycles. The molecule has 0 spiro atoms. The number of benzene rings is 1. The lowest BCUT2D eigenvalue weighted by atomic mass is 10.0. The largest absolute Gasteiger partial charge is 0.447 e. The molecule has 0 aromatic heterocycles.